The van der Waals surface area contributed by atoms with E-state index in [1.54, 1.807) is 12.1 Å². The van der Waals surface area contributed by atoms with Crippen LogP contribution in [0.1, 0.15) is 30.0 Å². The van der Waals surface area contributed by atoms with Gasteiger partial charge in [0.15, 0.2) is 9.84 Å². The van der Waals surface area contributed by atoms with Gasteiger partial charge in [-0.25, -0.2) is 8.42 Å². The number of benzene rings is 2. The van der Waals surface area contributed by atoms with Crippen LogP contribution < -0.4 is 5.32 Å². The third-order valence-electron chi connectivity index (χ3n) is 3.99. The zero-order chi connectivity index (χ0) is 14.9. The van der Waals surface area contributed by atoms with Gasteiger partial charge >= 0.3 is 0 Å². The van der Waals surface area contributed by atoms with Crippen LogP contribution in [0.2, 0.25) is 0 Å². The van der Waals surface area contributed by atoms with Crippen molar-refractivity contribution in [3.8, 4) is 0 Å². The van der Waals surface area contributed by atoms with Crippen LogP contribution >= 0.6 is 0 Å². The molecule has 1 aliphatic carbocycles. The molecule has 2 aromatic rings. The molecule has 1 unspecified atom stereocenters. The number of hydrogen-bond donors (Lipinski definition) is 1. The largest absolute Gasteiger partial charge is 0.378 e. The molecule has 21 heavy (non-hydrogen) atoms. The van der Waals surface area contributed by atoms with Crippen molar-refractivity contribution in [1.82, 2.24) is 0 Å². The van der Waals surface area contributed by atoms with Gasteiger partial charge in [0.25, 0.3) is 0 Å². The lowest BCUT2D eigenvalue weighted by Gasteiger charge is -2.27. The quantitative estimate of drug-likeness (QED) is 0.942. The molecule has 3 rings (SSSR count). The van der Waals surface area contributed by atoms with Crippen LogP contribution in [0.25, 0.3) is 0 Å². The molecule has 0 fully saturated rings. The van der Waals surface area contributed by atoms with Crippen LogP contribution in [0.5, 0.6) is 0 Å². The third-order valence-corrected chi connectivity index (χ3v) is 5.12. The van der Waals surface area contributed by atoms with Crippen LogP contribution in [-0.2, 0) is 16.3 Å². The zero-order valence-corrected chi connectivity index (χ0v) is 12.9. The Labute approximate surface area is 125 Å². The van der Waals surface area contributed by atoms with Crippen molar-refractivity contribution in [3.63, 3.8) is 0 Å². The lowest BCUT2D eigenvalue weighted by Crippen LogP contribution is -2.17. The minimum absolute atomic E-state index is 0.305. The smallest absolute Gasteiger partial charge is 0.175 e. The number of sulfone groups is 1. The van der Waals surface area contributed by atoms with Gasteiger partial charge in [0, 0.05) is 11.9 Å². The molecule has 0 radical (unpaired) electrons. The van der Waals surface area contributed by atoms with Gasteiger partial charge in [-0.1, -0.05) is 24.3 Å². The van der Waals surface area contributed by atoms with E-state index in [1.165, 1.54) is 23.8 Å². The van der Waals surface area contributed by atoms with E-state index < -0.39 is 9.84 Å². The Morgan fingerprint density at radius 1 is 1.05 bits per heavy atom. The van der Waals surface area contributed by atoms with Gasteiger partial charge in [-0.2, -0.15) is 0 Å². The average Bonchev–Trinajstić information content (AvgIpc) is 2.47. The lowest BCUT2D eigenvalue weighted by molar-refractivity contribution is 0.599. The van der Waals surface area contributed by atoms with Crippen molar-refractivity contribution in [1.29, 1.82) is 0 Å². The van der Waals surface area contributed by atoms with E-state index in [0.717, 1.165) is 18.5 Å². The second-order valence-corrected chi connectivity index (χ2v) is 7.60. The summed E-state index contributed by atoms with van der Waals surface area (Å²) in [7, 11) is -3.13. The number of anilines is 1. The Morgan fingerprint density at radius 2 is 1.76 bits per heavy atom. The van der Waals surface area contributed by atoms with Gasteiger partial charge in [-0.05, 0) is 54.7 Å². The van der Waals surface area contributed by atoms with Crippen molar-refractivity contribution < 1.29 is 8.42 Å². The fourth-order valence-corrected chi connectivity index (χ4v) is 3.53. The molecular formula is C17H19NO2S. The molecule has 0 amide bonds. The normalized spacial score (nSPS) is 18.0. The first-order valence-electron chi connectivity index (χ1n) is 7.18. The Hall–Kier alpha value is -1.81. The monoisotopic (exact) mass is 301 g/mol. The summed E-state index contributed by atoms with van der Waals surface area (Å²) in [4.78, 5) is 0.358. The Kier molecular flexibility index (Phi) is 3.72. The molecule has 110 valence electrons. The first-order chi connectivity index (χ1) is 10.0. The topological polar surface area (TPSA) is 46.2 Å². The summed E-state index contributed by atoms with van der Waals surface area (Å²) in [6.07, 6.45) is 4.65. The first kappa shape index (κ1) is 14.1. The van der Waals surface area contributed by atoms with Gasteiger partial charge in [0.1, 0.15) is 0 Å². The molecule has 0 bridgehead atoms. The number of nitrogens with one attached hydrogen (secondary N) is 1. The zero-order valence-electron chi connectivity index (χ0n) is 12.0. The van der Waals surface area contributed by atoms with Crippen LogP contribution in [0.15, 0.2) is 53.4 Å². The van der Waals surface area contributed by atoms with E-state index in [4.69, 9.17) is 0 Å². The fraction of sp³-hybridized carbons (Fsp3) is 0.294. The van der Waals surface area contributed by atoms with Crippen LogP contribution in [-0.4, -0.2) is 14.7 Å². The van der Waals surface area contributed by atoms with Gasteiger partial charge < -0.3 is 5.32 Å². The number of aryl methyl sites for hydroxylation is 1. The first-order valence-corrected chi connectivity index (χ1v) is 9.07. The second-order valence-electron chi connectivity index (χ2n) is 5.58. The van der Waals surface area contributed by atoms with Crippen molar-refractivity contribution in [2.45, 2.75) is 30.2 Å². The molecule has 1 atom stereocenters. The molecule has 0 saturated heterocycles. The summed E-state index contributed by atoms with van der Waals surface area (Å²) in [5.41, 5.74) is 3.73. The van der Waals surface area contributed by atoms with Crippen molar-refractivity contribution in [2.75, 3.05) is 11.6 Å². The third kappa shape index (κ3) is 3.10. The maximum atomic E-state index is 11.5. The summed E-state index contributed by atoms with van der Waals surface area (Å²) in [6.45, 7) is 0. The maximum absolute atomic E-state index is 11.5. The fourth-order valence-electron chi connectivity index (χ4n) is 2.90. The highest BCUT2D eigenvalue weighted by Crippen LogP contribution is 2.32. The van der Waals surface area contributed by atoms with Gasteiger partial charge in [0.2, 0.25) is 0 Å². The van der Waals surface area contributed by atoms with Crippen LogP contribution in [0.4, 0.5) is 5.69 Å². The molecule has 0 heterocycles. The predicted octanol–water partition coefficient (Wildman–Crippen LogP) is 3.58. The van der Waals surface area contributed by atoms with E-state index >= 15 is 0 Å². The van der Waals surface area contributed by atoms with Gasteiger partial charge in [0.05, 0.1) is 10.9 Å². The lowest BCUT2D eigenvalue weighted by atomic mass is 9.87. The molecule has 3 nitrogen and oxygen atoms in total. The summed E-state index contributed by atoms with van der Waals surface area (Å²) in [5, 5.41) is 3.52. The Bertz CT molecular complexity index is 736. The molecule has 2 aromatic carbocycles. The van der Waals surface area contributed by atoms with E-state index in [1.807, 2.05) is 12.1 Å². The molecular weight excluding hydrogens is 282 g/mol. The van der Waals surface area contributed by atoms with Crippen molar-refractivity contribution >= 4 is 15.5 Å². The SMILES string of the molecule is CS(=O)(=O)c1ccc(NC2CCCc3ccccc32)cc1. The Morgan fingerprint density at radius 3 is 2.48 bits per heavy atom. The minimum atomic E-state index is -3.13. The molecule has 0 aliphatic heterocycles. The van der Waals surface area contributed by atoms with Crippen LogP contribution in [0, 0.1) is 0 Å². The summed E-state index contributed by atoms with van der Waals surface area (Å²) in [5.74, 6) is 0. The van der Waals surface area contributed by atoms with E-state index in [2.05, 4.69) is 29.6 Å². The highest BCUT2D eigenvalue weighted by atomic mass is 32.2. The summed E-state index contributed by atoms with van der Waals surface area (Å²) >= 11 is 0. The van der Waals surface area contributed by atoms with Crippen LogP contribution in [0.3, 0.4) is 0 Å². The second kappa shape index (κ2) is 5.53. The van der Waals surface area contributed by atoms with Crippen molar-refractivity contribution in [2.24, 2.45) is 0 Å². The predicted molar refractivity (Wildman–Crippen MR) is 85.3 cm³/mol. The van der Waals surface area contributed by atoms with E-state index in [-0.39, 0.29) is 0 Å². The number of rotatable bonds is 3. The molecule has 4 heteroatoms. The molecule has 1 aliphatic rings. The maximum Gasteiger partial charge on any atom is 0.175 e. The molecule has 0 aromatic heterocycles. The molecule has 0 saturated carbocycles. The number of fused-ring (bicyclic) bond motifs is 1. The highest BCUT2D eigenvalue weighted by Gasteiger charge is 2.19. The van der Waals surface area contributed by atoms with E-state index in [9.17, 15) is 8.42 Å². The molecule has 0 spiro atoms. The highest BCUT2D eigenvalue weighted by molar-refractivity contribution is 7.90. The molecule has 1 N–H and O–H groups in total. The van der Waals surface area contributed by atoms with Gasteiger partial charge in [-0.3, -0.25) is 0 Å². The van der Waals surface area contributed by atoms with E-state index in [0.29, 0.717) is 10.9 Å². The number of hydrogen-bond acceptors (Lipinski definition) is 3. The standard InChI is InChI=1S/C17H19NO2S/c1-21(19,20)15-11-9-14(10-12-15)18-17-8-4-6-13-5-2-3-7-16(13)17/h2-3,5,7,9-12,17-18H,4,6,8H2,1H3. The summed E-state index contributed by atoms with van der Waals surface area (Å²) < 4.78 is 23.0. The summed E-state index contributed by atoms with van der Waals surface area (Å²) in [6, 6.07) is 15.8. The average molecular weight is 301 g/mol. The van der Waals surface area contributed by atoms with Crippen molar-refractivity contribution in [3.05, 3.63) is 59.7 Å². The minimum Gasteiger partial charge on any atom is -0.378 e. The van der Waals surface area contributed by atoms with Gasteiger partial charge in [-0.15, -0.1) is 0 Å². The Balaban J connectivity index is 1.82.